The number of methoxy groups -OCH3 is 1. The molecule has 0 N–H and O–H groups in total. The van der Waals surface area contributed by atoms with Gasteiger partial charge >= 0.3 is 0 Å². The largest absolute Gasteiger partial charge is 0.493 e. The van der Waals surface area contributed by atoms with Crippen LogP contribution in [-0.4, -0.2) is 35.5 Å². The molecule has 0 spiro atoms. The zero-order valence-electron chi connectivity index (χ0n) is 16.7. The maximum atomic E-state index is 12.8. The minimum absolute atomic E-state index is 0.0501. The van der Waals surface area contributed by atoms with Crippen molar-refractivity contribution in [2.45, 2.75) is 38.0 Å². The molecule has 2 aromatic rings. The number of nitrogens with zero attached hydrogens (tertiary/aromatic N) is 1. The number of thioether (sulfide) groups is 1. The highest BCUT2D eigenvalue weighted by Gasteiger charge is 2.26. The fourth-order valence-electron chi connectivity index (χ4n) is 3.40. The molecule has 1 saturated heterocycles. The SMILES string of the molecule is COc1cc(C(C)C)ccc(CN2CC[C@H](SC(=O)c3ccccc3)C2)c1=O. The number of carbonyl (C=O) groups is 1. The quantitative estimate of drug-likeness (QED) is 0.726. The smallest absolute Gasteiger partial charge is 0.224 e. The maximum absolute atomic E-state index is 12.8. The third-order valence-electron chi connectivity index (χ3n) is 5.08. The Morgan fingerprint density at radius 2 is 1.96 bits per heavy atom. The van der Waals surface area contributed by atoms with Gasteiger partial charge in [0.1, 0.15) is 0 Å². The van der Waals surface area contributed by atoms with Crippen molar-refractivity contribution >= 4 is 16.9 Å². The van der Waals surface area contributed by atoms with Crippen molar-refractivity contribution in [1.29, 1.82) is 0 Å². The van der Waals surface area contributed by atoms with E-state index in [9.17, 15) is 9.59 Å². The van der Waals surface area contributed by atoms with E-state index in [2.05, 4.69) is 18.7 Å². The van der Waals surface area contributed by atoms with E-state index in [4.69, 9.17) is 4.74 Å². The lowest BCUT2D eigenvalue weighted by atomic mass is 10.1. The molecule has 5 heteroatoms. The van der Waals surface area contributed by atoms with E-state index in [0.717, 1.165) is 36.2 Å². The van der Waals surface area contributed by atoms with Gasteiger partial charge in [-0.1, -0.05) is 68.1 Å². The zero-order valence-corrected chi connectivity index (χ0v) is 17.5. The van der Waals surface area contributed by atoms with Gasteiger partial charge in [-0.15, -0.1) is 0 Å². The molecular formula is C23H27NO3S. The molecule has 0 bridgehead atoms. The Bertz CT molecular complexity index is 883. The summed E-state index contributed by atoms with van der Waals surface area (Å²) in [4.78, 5) is 27.5. The standard InChI is InChI=1S/C23H27NO3S/c1-16(2)18-9-10-19(22(25)21(13-18)27-3)14-24-12-11-20(15-24)28-23(26)17-7-5-4-6-8-17/h4-10,13,16,20H,11-12,14-15H2,1-3H3/t20-/m0/s1. The van der Waals surface area contributed by atoms with Gasteiger partial charge in [0, 0.05) is 29.5 Å². The van der Waals surface area contributed by atoms with Crippen molar-refractivity contribution in [1.82, 2.24) is 4.90 Å². The Kier molecular flexibility index (Phi) is 6.92. The lowest BCUT2D eigenvalue weighted by Gasteiger charge is -2.15. The number of ether oxygens (including phenoxy) is 1. The van der Waals surface area contributed by atoms with Crippen molar-refractivity contribution in [3.8, 4) is 5.75 Å². The first-order chi connectivity index (χ1) is 13.5. The molecular weight excluding hydrogens is 370 g/mol. The topological polar surface area (TPSA) is 46.6 Å². The fraction of sp³-hybridized carbons (Fsp3) is 0.391. The van der Waals surface area contributed by atoms with Gasteiger partial charge in [0.2, 0.25) is 10.5 Å². The van der Waals surface area contributed by atoms with Gasteiger partial charge in [-0.25, -0.2) is 0 Å². The Labute approximate surface area is 170 Å². The van der Waals surface area contributed by atoms with Crippen LogP contribution >= 0.6 is 11.8 Å². The molecule has 1 aliphatic rings. The molecule has 0 saturated carbocycles. The molecule has 148 valence electrons. The number of hydrogen-bond donors (Lipinski definition) is 0. The fourth-order valence-corrected chi connectivity index (χ4v) is 4.49. The van der Waals surface area contributed by atoms with Crippen LogP contribution in [0.25, 0.3) is 0 Å². The zero-order chi connectivity index (χ0) is 20.1. The summed E-state index contributed by atoms with van der Waals surface area (Å²) in [5, 5.41) is 0.375. The predicted octanol–water partition coefficient (Wildman–Crippen LogP) is 4.33. The first kappa shape index (κ1) is 20.6. The summed E-state index contributed by atoms with van der Waals surface area (Å²) in [7, 11) is 1.54. The van der Waals surface area contributed by atoms with Crippen molar-refractivity contribution in [2.24, 2.45) is 0 Å². The number of benzene rings is 1. The number of hydrogen-bond acceptors (Lipinski definition) is 5. The van der Waals surface area contributed by atoms with Crippen molar-refractivity contribution in [3.05, 3.63) is 75.4 Å². The second-order valence-corrected chi connectivity index (χ2v) is 8.75. The summed E-state index contributed by atoms with van der Waals surface area (Å²) in [5.74, 6) is 0.721. The van der Waals surface area contributed by atoms with E-state index in [0.29, 0.717) is 18.2 Å². The van der Waals surface area contributed by atoms with Crippen LogP contribution in [-0.2, 0) is 6.54 Å². The van der Waals surface area contributed by atoms with Crippen LogP contribution in [0.15, 0.2) is 53.3 Å². The molecule has 3 rings (SSSR count). The van der Waals surface area contributed by atoms with Crippen LogP contribution < -0.4 is 10.2 Å². The van der Waals surface area contributed by atoms with Gasteiger partial charge in [-0.2, -0.15) is 0 Å². The second kappa shape index (κ2) is 9.39. The van der Waals surface area contributed by atoms with Crippen LogP contribution in [0.3, 0.4) is 0 Å². The molecule has 0 unspecified atom stereocenters. The van der Waals surface area contributed by atoms with Gasteiger partial charge in [-0.05, 0) is 30.5 Å². The van der Waals surface area contributed by atoms with E-state index in [1.165, 1.54) is 11.8 Å². The van der Waals surface area contributed by atoms with Crippen LogP contribution in [0.4, 0.5) is 0 Å². The van der Waals surface area contributed by atoms with Gasteiger partial charge < -0.3 is 4.74 Å². The van der Waals surface area contributed by atoms with Crippen molar-refractivity contribution < 1.29 is 9.53 Å². The Morgan fingerprint density at radius 3 is 2.64 bits per heavy atom. The molecule has 0 radical (unpaired) electrons. The number of rotatable bonds is 6. The third kappa shape index (κ3) is 5.03. The highest BCUT2D eigenvalue weighted by Crippen LogP contribution is 2.27. The first-order valence-corrected chi connectivity index (χ1v) is 10.6. The highest BCUT2D eigenvalue weighted by molar-refractivity contribution is 8.14. The Balaban J connectivity index is 1.68. The average molecular weight is 398 g/mol. The van der Waals surface area contributed by atoms with E-state index < -0.39 is 0 Å². The van der Waals surface area contributed by atoms with E-state index in [1.807, 2.05) is 48.5 Å². The summed E-state index contributed by atoms with van der Waals surface area (Å²) in [6.45, 7) is 6.48. The lowest BCUT2D eigenvalue weighted by molar-refractivity contribution is 0.108. The van der Waals surface area contributed by atoms with Crippen molar-refractivity contribution in [3.63, 3.8) is 0 Å². The van der Waals surface area contributed by atoms with Crippen LogP contribution in [0, 0.1) is 0 Å². The molecule has 1 atom stereocenters. The summed E-state index contributed by atoms with van der Waals surface area (Å²) in [6.07, 6.45) is 0.949. The molecule has 1 heterocycles. The summed E-state index contributed by atoms with van der Waals surface area (Å²) in [5.41, 5.74) is 2.52. The molecule has 0 aromatic heterocycles. The minimum Gasteiger partial charge on any atom is -0.493 e. The van der Waals surface area contributed by atoms with E-state index in [-0.39, 0.29) is 15.8 Å². The lowest BCUT2D eigenvalue weighted by Crippen LogP contribution is -2.24. The van der Waals surface area contributed by atoms with E-state index >= 15 is 0 Å². The molecule has 2 aromatic carbocycles. The van der Waals surface area contributed by atoms with Crippen LogP contribution in [0.5, 0.6) is 5.75 Å². The Hall–Kier alpha value is -2.11. The summed E-state index contributed by atoms with van der Waals surface area (Å²) < 4.78 is 5.34. The highest BCUT2D eigenvalue weighted by atomic mass is 32.2. The molecule has 1 fully saturated rings. The second-order valence-electron chi connectivity index (χ2n) is 7.47. The molecule has 0 amide bonds. The van der Waals surface area contributed by atoms with Crippen LogP contribution in [0.2, 0.25) is 0 Å². The van der Waals surface area contributed by atoms with Gasteiger partial charge in [0.15, 0.2) is 5.75 Å². The summed E-state index contributed by atoms with van der Waals surface area (Å²) in [6, 6.07) is 15.2. The molecule has 1 aliphatic heterocycles. The predicted molar refractivity (Wildman–Crippen MR) is 115 cm³/mol. The van der Waals surface area contributed by atoms with Crippen molar-refractivity contribution in [2.75, 3.05) is 20.2 Å². The first-order valence-electron chi connectivity index (χ1n) is 9.67. The summed E-state index contributed by atoms with van der Waals surface area (Å²) >= 11 is 1.41. The normalized spacial score (nSPS) is 17.1. The number of carbonyl (C=O) groups excluding carboxylic acids is 1. The monoisotopic (exact) mass is 397 g/mol. The van der Waals surface area contributed by atoms with Gasteiger partial charge in [-0.3, -0.25) is 14.5 Å². The molecule has 4 nitrogen and oxygen atoms in total. The number of likely N-dealkylation sites (tertiary alicyclic amines) is 1. The molecule has 0 aliphatic carbocycles. The van der Waals surface area contributed by atoms with Gasteiger partial charge in [0.05, 0.1) is 7.11 Å². The average Bonchev–Trinajstić information content (AvgIpc) is 3.06. The van der Waals surface area contributed by atoms with Gasteiger partial charge in [0.25, 0.3) is 0 Å². The van der Waals surface area contributed by atoms with E-state index in [1.54, 1.807) is 7.11 Å². The third-order valence-corrected chi connectivity index (χ3v) is 6.25. The molecule has 28 heavy (non-hydrogen) atoms. The minimum atomic E-state index is -0.0501. The maximum Gasteiger partial charge on any atom is 0.224 e. The Morgan fingerprint density at radius 1 is 1.21 bits per heavy atom. The van der Waals surface area contributed by atoms with Crippen LogP contribution in [0.1, 0.15) is 47.7 Å².